The minimum atomic E-state index is -1.10. The molecule has 3 atom stereocenters. The van der Waals surface area contributed by atoms with Crippen molar-refractivity contribution in [2.75, 3.05) is 7.05 Å². The Morgan fingerprint density at radius 1 is 1.46 bits per heavy atom. The average molecular weight is 356 g/mol. The monoisotopic (exact) mass is 355 g/mol. The minimum Gasteiger partial charge on any atom is -0.468 e. The molecule has 24 heavy (non-hydrogen) atoms. The number of aliphatic hydroxyl groups excluding tert-OH is 1. The molecule has 0 saturated heterocycles. The summed E-state index contributed by atoms with van der Waals surface area (Å²) >= 11 is 1.82. The SMILES string of the molecule is CNC(CC(Sc1ccoc1C)C1CCCCC1)OC(=O)C(C)O. The summed E-state index contributed by atoms with van der Waals surface area (Å²) in [5.41, 5.74) is 0. The smallest absolute Gasteiger partial charge is 0.336 e. The lowest BCUT2D eigenvalue weighted by molar-refractivity contribution is -0.159. The zero-order valence-corrected chi connectivity index (χ0v) is 15.6. The summed E-state index contributed by atoms with van der Waals surface area (Å²) in [6.45, 7) is 3.40. The molecule has 2 N–H and O–H groups in total. The molecule has 0 spiro atoms. The predicted octanol–water partition coefficient (Wildman–Crippen LogP) is 3.49. The van der Waals surface area contributed by atoms with E-state index in [1.54, 1.807) is 13.3 Å². The third-order valence-electron chi connectivity index (χ3n) is 4.63. The molecule has 2 rings (SSSR count). The van der Waals surface area contributed by atoms with Crippen LogP contribution in [0.15, 0.2) is 21.6 Å². The van der Waals surface area contributed by atoms with Crippen LogP contribution in [-0.2, 0) is 9.53 Å². The van der Waals surface area contributed by atoms with Gasteiger partial charge < -0.3 is 14.3 Å². The van der Waals surface area contributed by atoms with Crippen LogP contribution < -0.4 is 5.32 Å². The van der Waals surface area contributed by atoms with Crippen LogP contribution in [0, 0.1) is 12.8 Å². The number of rotatable bonds is 8. The number of carbonyl (C=O) groups excluding carboxylic acids is 1. The quantitative estimate of drug-likeness (QED) is 0.422. The van der Waals surface area contributed by atoms with Crippen LogP contribution in [0.3, 0.4) is 0 Å². The summed E-state index contributed by atoms with van der Waals surface area (Å²) in [5, 5.41) is 12.8. The van der Waals surface area contributed by atoms with Gasteiger partial charge in [0.25, 0.3) is 0 Å². The second-order valence-corrected chi connectivity index (χ2v) is 7.80. The zero-order valence-electron chi connectivity index (χ0n) is 14.8. The maximum atomic E-state index is 11.7. The minimum absolute atomic E-state index is 0.348. The molecule has 1 aromatic rings. The molecule has 1 fully saturated rings. The van der Waals surface area contributed by atoms with Crippen LogP contribution in [0.5, 0.6) is 0 Å². The summed E-state index contributed by atoms with van der Waals surface area (Å²) in [6.07, 6.45) is 7.23. The van der Waals surface area contributed by atoms with E-state index in [2.05, 4.69) is 5.32 Å². The average Bonchev–Trinajstić information content (AvgIpc) is 2.98. The summed E-state index contributed by atoms with van der Waals surface area (Å²) in [6, 6.07) is 2.01. The van der Waals surface area contributed by atoms with Crippen molar-refractivity contribution in [1.82, 2.24) is 5.32 Å². The summed E-state index contributed by atoms with van der Waals surface area (Å²) < 4.78 is 10.8. The molecule has 5 nitrogen and oxygen atoms in total. The molecule has 0 amide bonds. The van der Waals surface area contributed by atoms with E-state index in [4.69, 9.17) is 9.15 Å². The normalized spacial score (nSPS) is 19.7. The number of aryl methyl sites for hydroxylation is 1. The van der Waals surface area contributed by atoms with Gasteiger partial charge in [-0.15, -0.1) is 11.8 Å². The molecular formula is C18H29NO4S. The van der Waals surface area contributed by atoms with Crippen LogP contribution in [0.25, 0.3) is 0 Å². The molecule has 136 valence electrons. The number of carbonyl (C=O) groups is 1. The third kappa shape index (κ3) is 5.53. The van der Waals surface area contributed by atoms with Crippen molar-refractivity contribution in [3.8, 4) is 0 Å². The maximum absolute atomic E-state index is 11.7. The standard InChI is InChI=1S/C18H29NO4S/c1-12(20)18(21)23-17(19-3)11-16(14-7-5-4-6-8-14)24-15-9-10-22-13(15)2/h9-10,12,14,16-17,19-20H,4-8,11H2,1-3H3. The number of nitrogens with one attached hydrogen (secondary N) is 1. The van der Waals surface area contributed by atoms with Crippen LogP contribution in [0.2, 0.25) is 0 Å². The number of aliphatic hydroxyl groups is 1. The molecule has 1 saturated carbocycles. The Morgan fingerprint density at radius 2 is 2.17 bits per heavy atom. The molecular weight excluding hydrogens is 326 g/mol. The fourth-order valence-corrected chi connectivity index (χ4v) is 4.59. The van der Waals surface area contributed by atoms with Gasteiger partial charge >= 0.3 is 5.97 Å². The summed E-state index contributed by atoms with van der Waals surface area (Å²) in [4.78, 5) is 12.9. The molecule has 0 aromatic carbocycles. The van der Waals surface area contributed by atoms with Crippen LogP contribution >= 0.6 is 11.8 Å². The van der Waals surface area contributed by atoms with E-state index in [0.29, 0.717) is 11.2 Å². The van der Waals surface area contributed by atoms with E-state index in [-0.39, 0.29) is 0 Å². The largest absolute Gasteiger partial charge is 0.468 e. The first kappa shape index (κ1) is 19.3. The predicted molar refractivity (Wildman–Crippen MR) is 94.9 cm³/mol. The molecule has 0 radical (unpaired) electrons. The molecule has 1 aromatic heterocycles. The van der Waals surface area contributed by atoms with E-state index in [1.807, 2.05) is 24.8 Å². The van der Waals surface area contributed by atoms with Gasteiger partial charge in [0.05, 0.1) is 6.26 Å². The van der Waals surface area contributed by atoms with Gasteiger partial charge in [0.15, 0.2) is 6.23 Å². The Morgan fingerprint density at radius 3 is 2.71 bits per heavy atom. The number of ether oxygens (including phenoxy) is 1. The van der Waals surface area contributed by atoms with E-state index < -0.39 is 18.3 Å². The van der Waals surface area contributed by atoms with Crippen molar-refractivity contribution in [3.05, 3.63) is 18.1 Å². The Labute approximate surface area is 148 Å². The lowest BCUT2D eigenvalue weighted by atomic mass is 9.85. The first-order chi connectivity index (χ1) is 11.5. The number of thioether (sulfide) groups is 1. The summed E-state index contributed by atoms with van der Waals surface area (Å²) in [5.74, 6) is 0.961. The van der Waals surface area contributed by atoms with Crippen molar-refractivity contribution in [1.29, 1.82) is 0 Å². The van der Waals surface area contributed by atoms with Crippen molar-refractivity contribution in [3.63, 3.8) is 0 Å². The second kappa shape index (κ2) is 9.49. The number of hydrogen-bond acceptors (Lipinski definition) is 6. The van der Waals surface area contributed by atoms with Crippen molar-refractivity contribution in [2.24, 2.45) is 5.92 Å². The molecule has 1 aliphatic carbocycles. The van der Waals surface area contributed by atoms with Gasteiger partial charge in [-0.2, -0.15) is 0 Å². The van der Waals surface area contributed by atoms with Crippen LogP contribution in [0.4, 0.5) is 0 Å². The van der Waals surface area contributed by atoms with Gasteiger partial charge in [-0.1, -0.05) is 19.3 Å². The molecule has 6 heteroatoms. The highest BCUT2D eigenvalue weighted by Gasteiger charge is 2.29. The van der Waals surface area contributed by atoms with Crippen molar-refractivity contribution in [2.45, 2.75) is 74.8 Å². The van der Waals surface area contributed by atoms with Crippen LogP contribution in [-0.4, -0.2) is 35.7 Å². The molecule has 1 heterocycles. The second-order valence-electron chi connectivity index (χ2n) is 6.52. The lowest BCUT2D eigenvalue weighted by Gasteiger charge is -2.32. The Kier molecular flexibility index (Phi) is 7.65. The number of hydrogen-bond donors (Lipinski definition) is 2. The number of esters is 1. The van der Waals surface area contributed by atoms with Gasteiger partial charge in [-0.25, -0.2) is 4.79 Å². The van der Waals surface area contributed by atoms with Crippen LogP contribution in [0.1, 0.15) is 51.2 Å². The highest BCUT2D eigenvalue weighted by molar-refractivity contribution is 8.00. The van der Waals surface area contributed by atoms with E-state index in [9.17, 15) is 9.90 Å². The maximum Gasteiger partial charge on any atom is 0.336 e. The van der Waals surface area contributed by atoms with Gasteiger partial charge in [0, 0.05) is 16.6 Å². The summed E-state index contributed by atoms with van der Waals surface area (Å²) in [7, 11) is 1.78. The van der Waals surface area contributed by atoms with Crippen molar-refractivity contribution < 1.29 is 19.1 Å². The first-order valence-corrected chi connectivity index (χ1v) is 9.65. The molecule has 0 aliphatic heterocycles. The Bertz CT molecular complexity index is 511. The topological polar surface area (TPSA) is 71.7 Å². The highest BCUT2D eigenvalue weighted by atomic mass is 32.2. The highest BCUT2D eigenvalue weighted by Crippen LogP contribution is 2.39. The Balaban J connectivity index is 2.05. The van der Waals surface area contributed by atoms with Gasteiger partial charge in [0.1, 0.15) is 11.9 Å². The fraction of sp³-hybridized carbons (Fsp3) is 0.722. The molecule has 0 bridgehead atoms. The van der Waals surface area contributed by atoms with Crippen molar-refractivity contribution >= 4 is 17.7 Å². The van der Waals surface area contributed by atoms with E-state index in [0.717, 1.165) is 17.1 Å². The third-order valence-corrected chi connectivity index (χ3v) is 6.19. The fourth-order valence-electron chi connectivity index (χ4n) is 3.18. The Hall–Kier alpha value is -0.980. The van der Waals surface area contributed by atoms with E-state index in [1.165, 1.54) is 39.0 Å². The number of furan rings is 1. The first-order valence-electron chi connectivity index (χ1n) is 8.77. The van der Waals surface area contributed by atoms with Gasteiger partial charge in [0.2, 0.25) is 0 Å². The van der Waals surface area contributed by atoms with Gasteiger partial charge in [-0.3, -0.25) is 5.32 Å². The zero-order chi connectivity index (χ0) is 17.5. The van der Waals surface area contributed by atoms with Gasteiger partial charge in [-0.05, 0) is 45.7 Å². The molecule has 1 aliphatic rings. The lowest BCUT2D eigenvalue weighted by Crippen LogP contribution is -2.38. The molecule has 3 unspecified atom stereocenters. The van der Waals surface area contributed by atoms with E-state index >= 15 is 0 Å².